The number of nitrogens with zero attached hydrogens (tertiary/aromatic N) is 1. The Balaban J connectivity index is 2.22. The third-order valence-corrected chi connectivity index (χ3v) is 3.33. The zero-order valence-corrected chi connectivity index (χ0v) is 11.1. The highest BCUT2D eigenvalue weighted by atomic mass is 16.6. The van der Waals surface area contributed by atoms with E-state index in [1.807, 2.05) is 0 Å². The van der Waals surface area contributed by atoms with Crippen molar-refractivity contribution < 1.29 is 25.2 Å². The van der Waals surface area contributed by atoms with E-state index in [1.165, 1.54) is 7.05 Å². The molecule has 1 fully saturated rings. The maximum atomic E-state index is 11.5. The number of aromatic amines is 1. The van der Waals surface area contributed by atoms with Crippen LogP contribution in [0.15, 0.2) is 15.7 Å². The molecule has 1 aliphatic rings. The van der Waals surface area contributed by atoms with Crippen LogP contribution in [0.1, 0.15) is 0 Å². The van der Waals surface area contributed by atoms with E-state index in [4.69, 9.17) is 9.84 Å². The Morgan fingerprint density at radius 2 is 1.95 bits per heavy atom. The molecule has 0 unspecified atom stereocenters. The molecule has 21 heavy (non-hydrogen) atoms. The third kappa shape index (κ3) is 2.99. The van der Waals surface area contributed by atoms with Crippen LogP contribution in [0.3, 0.4) is 0 Å². The Bertz CT molecular complexity index is 579. The minimum atomic E-state index is -1.55. The fourth-order valence-corrected chi connectivity index (χ4v) is 2.01. The van der Waals surface area contributed by atoms with Crippen LogP contribution in [0.25, 0.3) is 0 Å². The molecule has 5 atom stereocenters. The van der Waals surface area contributed by atoms with Crippen LogP contribution in [0.4, 0.5) is 5.82 Å². The number of hydrogen-bond acceptors (Lipinski definition) is 8. The smallest absolute Gasteiger partial charge is 0.329 e. The van der Waals surface area contributed by atoms with E-state index < -0.39 is 48.5 Å². The molecule has 2 rings (SSSR count). The first kappa shape index (κ1) is 15.7. The summed E-state index contributed by atoms with van der Waals surface area (Å²) in [6.07, 6.45) is -6.85. The Hall–Kier alpha value is -1.72. The second-order valence-electron chi connectivity index (χ2n) is 4.78. The largest absolute Gasteiger partial charge is 0.394 e. The molecule has 1 aromatic heterocycles. The van der Waals surface area contributed by atoms with Gasteiger partial charge in [0.2, 0.25) is 0 Å². The minimum absolute atomic E-state index is 0.0209. The molecule has 1 aromatic rings. The molecule has 118 valence electrons. The lowest BCUT2D eigenvalue weighted by atomic mass is 9.98. The summed E-state index contributed by atoms with van der Waals surface area (Å²) in [4.78, 5) is 25.3. The molecular formula is C11H17N3O7. The molecule has 0 aliphatic carbocycles. The average Bonchev–Trinajstić information content (AvgIpc) is 2.45. The van der Waals surface area contributed by atoms with Gasteiger partial charge in [-0.3, -0.25) is 14.3 Å². The van der Waals surface area contributed by atoms with Crippen LogP contribution in [-0.2, 0) is 11.8 Å². The predicted octanol–water partition coefficient (Wildman–Crippen LogP) is -3.71. The predicted molar refractivity (Wildman–Crippen MR) is 69.7 cm³/mol. The number of nitrogens with one attached hydrogen (secondary N) is 2. The van der Waals surface area contributed by atoms with Gasteiger partial charge < -0.3 is 30.5 Å². The number of hydrogen-bond donors (Lipinski definition) is 6. The van der Waals surface area contributed by atoms with Gasteiger partial charge in [-0.2, -0.15) is 0 Å². The van der Waals surface area contributed by atoms with Crippen LogP contribution in [0, 0.1) is 0 Å². The molecule has 2 heterocycles. The number of aliphatic hydroxyl groups is 4. The van der Waals surface area contributed by atoms with E-state index in [9.17, 15) is 24.9 Å². The molecule has 0 aromatic carbocycles. The molecule has 1 aliphatic heterocycles. The van der Waals surface area contributed by atoms with Gasteiger partial charge in [0, 0.05) is 13.1 Å². The van der Waals surface area contributed by atoms with E-state index in [-0.39, 0.29) is 5.82 Å². The summed E-state index contributed by atoms with van der Waals surface area (Å²) in [5.41, 5.74) is -1.25. The summed E-state index contributed by atoms with van der Waals surface area (Å²) in [5, 5.41) is 40.7. The fourth-order valence-electron chi connectivity index (χ4n) is 2.01. The lowest BCUT2D eigenvalue weighted by molar-refractivity contribution is -0.221. The van der Waals surface area contributed by atoms with Gasteiger partial charge in [0.1, 0.15) is 30.2 Å². The summed E-state index contributed by atoms with van der Waals surface area (Å²) < 4.78 is 6.04. The van der Waals surface area contributed by atoms with Gasteiger partial charge in [0.15, 0.2) is 6.23 Å². The van der Waals surface area contributed by atoms with E-state index in [2.05, 4.69) is 10.3 Å². The van der Waals surface area contributed by atoms with Gasteiger partial charge in [0.25, 0.3) is 5.56 Å². The summed E-state index contributed by atoms with van der Waals surface area (Å²) >= 11 is 0. The first-order valence-corrected chi connectivity index (χ1v) is 6.22. The normalized spacial score (nSPS) is 32.9. The fraction of sp³-hybridized carbons (Fsp3) is 0.636. The molecular weight excluding hydrogens is 286 g/mol. The van der Waals surface area contributed by atoms with Crippen molar-refractivity contribution in [2.75, 3.05) is 11.9 Å². The van der Waals surface area contributed by atoms with Crippen molar-refractivity contribution in [1.29, 1.82) is 0 Å². The monoisotopic (exact) mass is 303 g/mol. The topological polar surface area (TPSA) is 157 Å². The number of aromatic nitrogens is 2. The van der Waals surface area contributed by atoms with Gasteiger partial charge in [0.05, 0.1) is 6.61 Å². The van der Waals surface area contributed by atoms with Crippen LogP contribution < -0.4 is 16.6 Å². The second kappa shape index (κ2) is 5.95. The standard InChI is InChI=1S/C11H17N3O7/c1-14-6(16)2-5(13-11(14)20)12-10-9(19)8(18)7(17)4(3-15)21-10/h2,4,7-10,12,15,17-19H,3H2,1H3,(H,13,20)/t4-,7+,8+,9-,10+/m0/s1. The van der Waals surface area contributed by atoms with Crippen molar-refractivity contribution in [1.82, 2.24) is 9.55 Å². The van der Waals surface area contributed by atoms with Gasteiger partial charge >= 0.3 is 5.69 Å². The van der Waals surface area contributed by atoms with Crippen molar-refractivity contribution in [3.63, 3.8) is 0 Å². The van der Waals surface area contributed by atoms with Crippen LogP contribution >= 0.6 is 0 Å². The molecule has 0 amide bonds. The van der Waals surface area contributed by atoms with Gasteiger partial charge in [-0.15, -0.1) is 0 Å². The molecule has 0 saturated carbocycles. The minimum Gasteiger partial charge on any atom is -0.394 e. The van der Waals surface area contributed by atoms with Crippen molar-refractivity contribution in [2.24, 2.45) is 7.05 Å². The molecule has 0 bridgehead atoms. The van der Waals surface area contributed by atoms with E-state index in [1.54, 1.807) is 0 Å². The number of aliphatic hydroxyl groups excluding tert-OH is 4. The Kier molecular flexibility index (Phi) is 4.44. The first-order valence-electron chi connectivity index (χ1n) is 6.22. The van der Waals surface area contributed by atoms with Crippen molar-refractivity contribution in [2.45, 2.75) is 30.6 Å². The lowest BCUT2D eigenvalue weighted by Gasteiger charge is -2.40. The summed E-state index contributed by atoms with van der Waals surface area (Å²) in [6, 6.07) is 1.07. The summed E-state index contributed by atoms with van der Waals surface area (Å²) in [5.74, 6) is -0.0209. The maximum Gasteiger partial charge on any atom is 0.329 e. The van der Waals surface area contributed by atoms with Crippen LogP contribution in [0.5, 0.6) is 0 Å². The lowest BCUT2D eigenvalue weighted by Crippen LogP contribution is -2.60. The molecule has 10 heteroatoms. The van der Waals surface area contributed by atoms with Gasteiger partial charge in [-0.05, 0) is 0 Å². The van der Waals surface area contributed by atoms with E-state index >= 15 is 0 Å². The SMILES string of the molecule is Cn1c(=O)cc(N[C@@H]2O[C@@H](CO)[C@@H](O)[C@@H](O)[C@@H]2O)[nH]c1=O. The number of ether oxygens (including phenoxy) is 1. The molecule has 0 spiro atoms. The van der Waals surface area contributed by atoms with Crippen LogP contribution in [0.2, 0.25) is 0 Å². The maximum absolute atomic E-state index is 11.5. The number of rotatable bonds is 3. The molecule has 1 saturated heterocycles. The van der Waals surface area contributed by atoms with Crippen molar-refractivity contribution in [3.8, 4) is 0 Å². The van der Waals surface area contributed by atoms with Crippen LogP contribution in [-0.4, -0.2) is 67.2 Å². The molecule has 0 radical (unpaired) electrons. The van der Waals surface area contributed by atoms with E-state index in [0.29, 0.717) is 0 Å². The Morgan fingerprint density at radius 1 is 1.29 bits per heavy atom. The van der Waals surface area contributed by atoms with Crippen molar-refractivity contribution in [3.05, 3.63) is 26.9 Å². The Labute approximate surface area is 118 Å². The molecule has 10 nitrogen and oxygen atoms in total. The highest BCUT2D eigenvalue weighted by Gasteiger charge is 2.43. The first-order chi connectivity index (χ1) is 9.85. The quantitative estimate of drug-likeness (QED) is 0.333. The third-order valence-electron chi connectivity index (χ3n) is 3.33. The zero-order chi connectivity index (χ0) is 15.7. The summed E-state index contributed by atoms with van der Waals surface area (Å²) in [7, 11) is 1.29. The van der Waals surface area contributed by atoms with Crippen molar-refractivity contribution >= 4 is 5.82 Å². The zero-order valence-electron chi connectivity index (χ0n) is 11.1. The molecule has 6 N–H and O–H groups in total. The number of H-pyrrole nitrogens is 1. The number of anilines is 1. The Morgan fingerprint density at radius 3 is 2.52 bits per heavy atom. The second-order valence-corrected chi connectivity index (χ2v) is 4.78. The van der Waals surface area contributed by atoms with Gasteiger partial charge in [-0.1, -0.05) is 0 Å². The summed E-state index contributed by atoms with van der Waals surface area (Å²) in [6.45, 7) is -0.573. The van der Waals surface area contributed by atoms with Gasteiger partial charge in [-0.25, -0.2) is 4.79 Å². The highest BCUT2D eigenvalue weighted by Crippen LogP contribution is 2.21. The highest BCUT2D eigenvalue weighted by molar-refractivity contribution is 5.33. The van der Waals surface area contributed by atoms with E-state index in [0.717, 1.165) is 10.6 Å². The average molecular weight is 303 g/mol.